The predicted octanol–water partition coefficient (Wildman–Crippen LogP) is 2.77. The largest absolute Gasteiger partial charge is 0.391 e. The van der Waals surface area contributed by atoms with Gasteiger partial charge in [-0.05, 0) is 30.9 Å². The summed E-state index contributed by atoms with van der Waals surface area (Å²) in [5.41, 5.74) is 2.27. The zero-order valence-corrected chi connectivity index (χ0v) is 13.0. The SMILES string of the molecule is CC(Cc1c[nH]c2ccccc12)C(=O)NC1CCCCC1O. The highest BCUT2D eigenvalue weighted by molar-refractivity contribution is 5.84. The number of fused-ring (bicyclic) bond motifs is 1. The van der Waals surface area contributed by atoms with E-state index < -0.39 is 6.10 Å². The first-order valence-corrected chi connectivity index (χ1v) is 8.18. The Balaban J connectivity index is 1.63. The summed E-state index contributed by atoms with van der Waals surface area (Å²) >= 11 is 0. The number of hydrogen-bond donors (Lipinski definition) is 3. The first-order valence-electron chi connectivity index (χ1n) is 8.18. The van der Waals surface area contributed by atoms with Gasteiger partial charge in [-0.25, -0.2) is 0 Å². The number of carbonyl (C=O) groups excluding carboxylic acids is 1. The van der Waals surface area contributed by atoms with Gasteiger partial charge in [-0.1, -0.05) is 38.0 Å². The number of para-hydroxylation sites is 1. The molecule has 3 rings (SSSR count). The fourth-order valence-corrected chi connectivity index (χ4v) is 3.33. The summed E-state index contributed by atoms with van der Waals surface area (Å²) < 4.78 is 0. The Morgan fingerprint density at radius 2 is 2.14 bits per heavy atom. The van der Waals surface area contributed by atoms with E-state index in [0.717, 1.165) is 31.2 Å². The van der Waals surface area contributed by atoms with Crippen molar-refractivity contribution in [3.8, 4) is 0 Å². The van der Waals surface area contributed by atoms with E-state index in [1.807, 2.05) is 31.3 Å². The molecular formula is C18H24N2O2. The van der Waals surface area contributed by atoms with Gasteiger partial charge in [-0.3, -0.25) is 4.79 Å². The quantitative estimate of drug-likeness (QED) is 0.813. The molecule has 3 atom stereocenters. The third-order valence-corrected chi connectivity index (χ3v) is 4.71. The second-order valence-corrected chi connectivity index (χ2v) is 6.43. The van der Waals surface area contributed by atoms with Gasteiger partial charge in [-0.15, -0.1) is 0 Å². The average Bonchev–Trinajstić information content (AvgIpc) is 2.93. The van der Waals surface area contributed by atoms with Crippen molar-refractivity contribution < 1.29 is 9.90 Å². The fourth-order valence-electron chi connectivity index (χ4n) is 3.33. The van der Waals surface area contributed by atoms with Gasteiger partial charge in [-0.2, -0.15) is 0 Å². The Kier molecular flexibility index (Phi) is 4.48. The number of aliphatic hydroxyl groups is 1. The Labute approximate surface area is 130 Å². The highest BCUT2D eigenvalue weighted by Crippen LogP contribution is 2.22. The second-order valence-electron chi connectivity index (χ2n) is 6.43. The van der Waals surface area contributed by atoms with E-state index in [4.69, 9.17) is 0 Å². The molecule has 0 saturated heterocycles. The van der Waals surface area contributed by atoms with Crippen LogP contribution in [0.2, 0.25) is 0 Å². The van der Waals surface area contributed by atoms with E-state index in [2.05, 4.69) is 16.4 Å². The van der Waals surface area contributed by atoms with Crippen molar-refractivity contribution in [3.05, 3.63) is 36.0 Å². The van der Waals surface area contributed by atoms with Crippen molar-refractivity contribution in [1.82, 2.24) is 10.3 Å². The van der Waals surface area contributed by atoms with Gasteiger partial charge in [0.2, 0.25) is 5.91 Å². The van der Waals surface area contributed by atoms with Gasteiger partial charge in [0, 0.05) is 23.0 Å². The number of aliphatic hydroxyl groups excluding tert-OH is 1. The van der Waals surface area contributed by atoms with Crippen LogP contribution in [0.4, 0.5) is 0 Å². The van der Waals surface area contributed by atoms with Crippen LogP contribution < -0.4 is 5.32 Å². The van der Waals surface area contributed by atoms with Gasteiger partial charge < -0.3 is 15.4 Å². The molecule has 0 bridgehead atoms. The molecule has 3 N–H and O–H groups in total. The minimum absolute atomic E-state index is 0.0382. The summed E-state index contributed by atoms with van der Waals surface area (Å²) in [4.78, 5) is 15.6. The molecule has 4 nitrogen and oxygen atoms in total. The molecule has 0 spiro atoms. The van der Waals surface area contributed by atoms with E-state index in [-0.39, 0.29) is 17.9 Å². The number of rotatable bonds is 4. The molecule has 0 radical (unpaired) electrons. The number of amides is 1. The molecule has 1 fully saturated rings. The fraction of sp³-hybridized carbons (Fsp3) is 0.500. The Hall–Kier alpha value is -1.81. The van der Waals surface area contributed by atoms with Crippen molar-refractivity contribution in [2.24, 2.45) is 5.92 Å². The minimum Gasteiger partial charge on any atom is -0.391 e. The zero-order chi connectivity index (χ0) is 15.5. The van der Waals surface area contributed by atoms with Crippen LogP contribution >= 0.6 is 0 Å². The summed E-state index contributed by atoms with van der Waals surface area (Å²) in [6, 6.07) is 8.07. The van der Waals surface area contributed by atoms with Crippen LogP contribution in [0.1, 0.15) is 38.2 Å². The van der Waals surface area contributed by atoms with Crippen molar-refractivity contribution >= 4 is 16.8 Å². The standard InChI is InChI=1S/C18H24N2O2/c1-12(18(22)20-16-8-4-5-9-17(16)21)10-13-11-19-15-7-3-2-6-14(13)15/h2-3,6-7,11-12,16-17,19,21H,4-5,8-10H2,1H3,(H,20,22). The molecule has 1 aromatic carbocycles. The maximum atomic E-state index is 12.4. The van der Waals surface area contributed by atoms with Crippen LogP contribution in [-0.2, 0) is 11.2 Å². The molecule has 1 saturated carbocycles. The van der Waals surface area contributed by atoms with Crippen molar-refractivity contribution in [1.29, 1.82) is 0 Å². The van der Waals surface area contributed by atoms with E-state index in [0.29, 0.717) is 6.42 Å². The molecule has 22 heavy (non-hydrogen) atoms. The Morgan fingerprint density at radius 1 is 1.36 bits per heavy atom. The van der Waals surface area contributed by atoms with Gasteiger partial charge in [0.25, 0.3) is 0 Å². The van der Waals surface area contributed by atoms with E-state index in [9.17, 15) is 9.90 Å². The molecule has 1 heterocycles. The van der Waals surface area contributed by atoms with Crippen LogP contribution in [0.15, 0.2) is 30.5 Å². The third kappa shape index (κ3) is 3.17. The molecule has 2 aromatic rings. The maximum absolute atomic E-state index is 12.4. The number of aromatic nitrogens is 1. The number of nitrogens with one attached hydrogen (secondary N) is 2. The van der Waals surface area contributed by atoms with Gasteiger partial charge >= 0.3 is 0 Å². The third-order valence-electron chi connectivity index (χ3n) is 4.71. The van der Waals surface area contributed by atoms with Crippen molar-refractivity contribution in [2.75, 3.05) is 0 Å². The molecule has 1 aliphatic carbocycles. The lowest BCUT2D eigenvalue weighted by Gasteiger charge is -2.29. The Bertz CT molecular complexity index is 649. The average molecular weight is 300 g/mol. The monoisotopic (exact) mass is 300 g/mol. The lowest BCUT2D eigenvalue weighted by molar-refractivity contribution is -0.126. The zero-order valence-electron chi connectivity index (χ0n) is 13.0. The summed E-state index contributed by atoms with van der Waals surface area (Å²) in [6.07, 6.45) is 6.12. The molecule has 118 valence electrons. The van der Waals surface area contributed by atoms with E-state index >= 15 is 0 Å². The van der Waals surface area contributed by atoms with Gasteiger partial charge in [0.05, 0.1) is 12.1 Å². The number of hydrogen-bond acceptors (Lipinski definition) is 2. The number of carbonyl (C=O) groups is 1. The summed E-state index contributed by atoms with van der Waals surface area (Å²) in [5, 5.41) is 14.2. The first-order chi connectivity index (χ1) is 10.6. The summed E-state index contributed by atoms with van der Waals surface area (Å²) in [7, 11) is 0. The minimum atomic E-state index is -0.391. The predicted molar refractivity (Wildman–Crippen MR) is 87.6 cm³/mol. The lowest BCUT2D eigenvalue weighted by atomic mass is 9.91. The van der Waals surface area contributed by atoms with E-state index in [1.165, 1.54) is 10.9 Å². The Morgan fingerprint density at radius 3 is 2.95 bits per heavy atom. The normalized spacial score (nSPS) is 23.4. The number of aromatic amines is 1. The van der Waals surface area contributed by atoms with Crippen LogP contribution in [0.3, 0.4) is 0 Å². The smallest absolute Gasteiger partial charge is 0.223 e. The maximum Gasteiger partial charge on any atom is 0.223 e. The molecule has 1 aliphatic rings. The number of H-pyrrole nitrogens is 1. The molecule has 1 amide bonds. The van der Waals surface area contributed by atoms with Crippen LogP contribution in [0, 0.1) is 5.92 Å². The summed E-state index contributed by atoms with van der Waals surface area (Å²) in [5.74, 6) is -0.0652. The highest BCUT2D eigenvalue weighted by Gasteiger charge is 2.26. The topological polar surface area (TPSA) is 65.1 Å². The molecule has 1 aromatic heterocycles. The molecule has 3 unspecified atom stereocenters. The van der Waals surface area contributed by atoms with Crippen LogP contribution in [0.5, 0.6) is 0 Å². The second kappa shape index (κ2) is 6.53. The molecule has 0 aliphatic heterocycles. The van der Waals surface area contributed by atoms with E-state index in [1.54, 1.807) is 0 Å². The van der Waals surface area contributed by atoms with Crippen LogP contribution in [-0.4, -0.2) is 28.1 Å². The lowest BCUT2D eigenvalue weighted by Crippen LogP contribution is -2.47. The first kappa shape index (κ1) is 15.1. The molecular weight excluding hydrogens is 276 g/mol. The summed E-state index contributed by atoms with van der Waals surface area (Å²) in [6.45, 7) is 1.95. The van der Waals surface area contributed by atoms with Crippen LogP contribution in [0.25, 0.3) is 10.9 Å². The van der Waals surface area contributed by atoms with Crippen molar-refractivity contribution in [2.45, 2.75) is 51.2 Å². The van der Waals surface area contributed by atoms with Crippen molar-refractivity contribution in [3.63, 3.8) is 0 Å². The highest BCUT2D eigenvalue weighted by atomic mass is 16.3. The molecule has 4 heteroatoms. The number of benzene rings is 1. The van der Waals surface area contributed by atoms with Gasteiger partial charge in [0.1, 0.15) is 0 Å². The van der Waals surface area contributed by atoms with Gasteiger partial charge in [0.15, 0.2) is 0 Å².